The molecule has 1 atom stereocenters. The van der Waals surface area contributed by atoms with Gasteiger partial charge in [0.1, 0.15) is 5.82 Å². The number of nitrogens with zero attached hydrogens (tertiary/aromatic N) is 1. The van der Waals surface area contributed by atoms with Gasteiger partial charge in [-0.1, -0.05) is 12.1 Å². The molecule has 0 spiro atoms. The first-order valence-electron chi connectivity index (χ1n) is 7.80. The summed E-state index contributed by atoms with van der Waals surface area (Å²) in [5, 5.41) is 5.71. The number of aliphatic imine (C=N–C) groups is 1. The summed E-state index contributed by atoms with van der Waals surface area (Å²) in [4.78, 5) is 15.9. The van der Waals surface area contributed by atoms with E-state index in [1.54, 1.807) is 12.1 Å². The molecule has 1 aliphatic rings. The third kappa shape index (κ3) is 7.91. The van der Waals surface area contributed by atoms with Crippen LogP contribution < -0.4 is 16.4 Å². The summed E-state index contributed by atoms with van der Waals surface area (Å²) >= 11 is 0. The zero-order valence-electron chi connectivity index (χ0n) is 13.5. The summed E-state index contributed by atoms with van der Waals surface area (Å²) in [7, 11) is 0. The quantitative estimate of drug-likeness (QED) is 0.252. The standard InChI is InChI=1S/C16H23FN4O2.HI/c17-13-5-3-12(4-6-13)10-15(22)19-7-8-20-16(18)21-11-14-2-1-9-23-14;/h3-6,14H,1-2,7-11H2,(H,19,22)(H3,18,20,21);1H. The van der Waals surface area contributed by atoms with E-state index in [9.17, 15) is 9.18 Å². The monoisotopic (exact) mass is 450 g/mol. The fourth-order valence-electron chi connectivity index (χ4n) is 2.29. The number of hydrogen-bond donors (Lipinski definition) is 3. The first-order chi connectivity index (χ1) is 11.1. The van der Waals surface area contributed by atoms with Gasteiger partial charge in [-0.3, -0.25) is 9.79 Å². The number of amides is 1. The summed E-state index contributed by atoms with van der Waals surface area (Å²) in [6, 6.07) is 5.89. The van der Waals surface area contributed by atoms with Crippen LogP contribution in [-0.2, 0) is 16.0 Å². The van der Waals surface area contributed by atoms with Crippen LogP contribution in [0.25, 0.3) is 0 Å². The van der Waals surface area contributed by atoms with Gasteiger partial charge in [-0.05, 0) is 30.5 Å². The van der Waals surface area contributed by atoms with Crippen molar-refractivity contribution in [2.45, 2.75) is 25.4 Å². The van der Waals surface area contributed by atoms with E-state index >= 15 is 0 Å². The number of hydrogen-bond acceptors (Lipinski definition) is 3. The smallest absolute Gasteiger partial charge is 0.224 e. The third-order valence-electron chi connectivity index (χ3n) is 3.52. The Morgan fingerprint density at radius 2 is 2.00 bits per heavy atom. The molecule has 8 heteroatoms. The minimum absolute atomic E-state index is 0. The molecule has 24 heavy (non-hydrogen) atoms. The Labute approximate surface area is 158 Å². The van der Waals surface area contributed by atoms with Gasteiger partial charge in [-0.15, -0.1) is 24.0 Å². The van der Waals surface area contributed by atoms with Crippen LogP contribution in [0.2, 0.25) is 0 Å². The van der Waals surface area contributed by atoms with E-state index in [2.05, 4.69) is 15.6 Å². The van der Waals surface area contributed by atoms with Crippen LogP contribution in [0.5, 0.6) is 0 Å². The lowest BCUT2D eigenvalue weighted by molar-refractivity contribution is -0.120. The van der Waals surface area contributed by atoms with Crippen molar-refractivity contribution < 1.29 is 13.9 Å². The van der Waals surface area contributed by atoms with Gasteiger partial charge in [0.15, 0.2) is 5.96 Å². The summed E-state index contributed by atoms with van der Waals surface area (Å²) in [6.45, 7) is 2.30. The second kappa shape index (κ2) is 11.2. The average Bonchev–Trinajstić information content (AvgIpc) is 3.05. The molecular weight excluding hydrogens is 426 g/mol. The maximum Gasteiger partial charge on any atom is 0.224 e. The topological polar surface area (TPSA) is 88.7 Å². The van der Waals surface area contributed by atoms with Crippen molar-refractivity contribution in [3.8, 4) is 0 Å². The summed E-state index contributed by atoms with van der Waals surface area (Å²) in [5.41, 5.74) is 6.51. The first kappa shape index (κ1) is 20.6. The summed E-state index contributed by atoms with van der Waals surface area (Å²) < 4.78 is 18.2. The predicted molar refractivity (Wildman–Crippen MR) is 102 cm³/mol. The van der Waals surface area contributed by atoms with Gasteiger partial charge in [0.05, 0.1) is 19.1 Å². The molecule has 1 amide bonds. The molecule has 4 N–H and O–H groups in total. The van der Waals surface area contributed by atoms with Gasteiger partial charge < -0.3 is 21.1 Å². The molecule has 0 aromatic heterocycles. The maximum atomic E-state index is 12.8. The Kier molecular flexibility index (Phi) is 9.62. The van der Waals surface area contributed by atoms with Crippen LogP contribution in [0.3, 0.4) is 0 Å². The minimum Gasteiger partial charge on any atom is -0.376 e. The van der Waals surface area contributed by atoms with Gasteiger partial charge in [-0.2, -0.15) is 0 Å². The van der Waals surface area contributed by atoms with E-state index in [0.29, 0.717) is 25.6 Å². The number of nitrogens with one attached hydrogen (secondary N) is 2. The van der Waals surface area contributed by atoms with E-state index in [0.717, 1.165) is 25.0 Å². The molecule has 2 rings (SSSR count). The SMILES string of the molecule is I.NC(=NCC1CCCO1)NCCNC(=O)Cc1ccc(F)cc1. The molecule has 0 radical (unpaired) electrons. The van der Waals surface area contributed by atoms with Crippen molar-refractivity contribution in [2.24, 2.45) is 10.7 Å². The van der Waals surface area contributed by atoms with E-state index in [1.807, 2.05) is 0 Å². The fraction of sp³-hybridized carbons (Fsp3) is 0.500. The number of nitrogens with two attached hydrogens (primary N) is 1. The second-order valence-electron chi connectivity index (χ2n) is 5.44. The van der Waals surface area contributed by atoms with Crippen LogP contribution in [0.1, 0.15) is 18.4 Å². The number of guanidine groups is 1. The molecule has 1 unspecified atom stereocenters. The number of carbonyl (C=O) groups is 1. The number of carbonyl (C=O) groups excluding carboxylic acids is 1. The van der Waals surface area contributed by atoms with E-state index in [1.165, 1.54) is 12.1 Å². The predicted octanol–water partition coefficient (Wildman–Crippen LogP) is 1.19. The highest BCUT2D eigenvalue weighted by Crippen LogP contribution is 2.11. The van der Waals surface area contributed by atoms with Crippen LogP contribution >= 0.6 is 24.0 Å². The Bertz CT molecular complexity index is 533. The fourth-order valence-corrected chi connectivity index (χ4v) is 2.29. The van der Waals surface area contributed by atoms with E-state index in [-0.39, 0.29) is 48.2 Å². The van der Waals surface area contributed by atoms with E-state index in [4.69, 9.17) is 10.5 Å². The van der Waals surface area contributed by atoms with Crippen LogP contribution in [0.4, 0.5) is 4.39 Å². The van der Waals surface area contributed by atoms with Crippen LogP contribution in [0, 0.1) is 5.82 Å². The highest BCUT2D eigenvalue weighted by atomic mass is 127. The summed E-state index contributed by atoms with van der Waals surface area (Å²) in [5.74, 6) is -0.0716. The third-order valence-corrected chi connectivity index (χ3v) is 3.52. The molecule has 0 aliphatic carbocycles. The molecule has 1 aromatic rings. The molecular formula is C16H24FIN4O2. The lowest BCUT2D eigenvalue weighted by Crippen LogP contribution is -2.39. The Morgan fingerprint density at radius 3 is 2.67 bits per heavy atom. The molecule has 0 saturated carbocycles. The zero-order valence-corrected chi connectivity index (χ0v) is 15.8. The summed E-state index contributed by atoms with van der Waals surface area (Å²) in [6.07, 6.45) is 2.50. The highest BCUT2D eigenvalue weighted by Gasteiger charge is 2.14. The lowest BCUT2D eigenvalue weighted by atomic mass is 10.1. The first-order valence-corrected chi connectivity index (χ1v) is 7.80. The van der Waals surface area contributed by atoms with Crippen molar-refractivity contribution in [1.82, 2.24) is 10.6 Å². The average molecular weight is 450 g/mol. The van der Waals surface area contributed by atoms with Crippen molar-refractivity contribution in [2.75, 3.05) is 26.2 Å². The maximum absolute atomic E-state index is 12.8. The minimum atomic E-state index is -0.309. The Hall–Kier alpha value is -1.42. The molecule has 1 saturated heterocycles. The largest absolute Gasteiger partial charge is 0.376 e. The van der Waals surface area contributed by atoms with Gasteiger partial charge in [-0.25, -0.2) is 4.39 Å². The molecule has 6 nitrogen and oxygen atoms in total. The zero-order chi connectivity index (χ0) is 16.5. The molecule has 0 bridgehead atoms. The normalized spacial score (nSPS) is 17.2. The lowest BCUT2D eigenvalue weighted by Gasteiger charge is -2.09. The second-order valence-corrected chi connectivity index (χ2v) is 5.44. The molecule has 1 aliphatic heterocycles. The Balaban J connectivity index is 0.00000288. The van der Waals surface area contributed by atoms with Gasteiger partial charge in [0.2, 0.25) is 5.91 Å². The van der Waals surface area contributed by atoms with Gasteiger partial charge in [0, 0.05) is 19.7 Å². The van der Waals surface area contributed by atoms with Crippen molar-refractivity contribution >= 4 is 35.8 Å². The molecule has 1 aromatic carbocycles. The number of rotatable bonds is 7. The number of ether oxygens (including phenoxy) is 1. The van der Waals surface area contributed by atoms with Crippen molar-refractivity contribution in [3.63, 3.8) is 0 Å². The van der Waals surface area contributed by atoms with Gasteiger partial charge >= 0.3 is 0 Å². The Morgan fingerprint density at radius 1 is 1.29 bits per heavy atom. The van der Waals surface area contributed by atoms with Crippen LogP contribution in [-0.4, -0.2) is 44.2 Å². The number of benzene rings is 1. The van der Waals surface area contributed by atoms with E-state index < -0.39 is 0 Å². The number of halogens is 2. The van der Waals surface area contributed by atoms with Gasteiger partial charge in [0.25, 0.3) is 0 Å². The van der Waals surface area contributed by atoms with Crippen molar-refractivity contribution in [3.05, 3.63) is 35.6 Å². The molecule has 1 heterocycles. The van der Waals surface area contributed by atoms with Crippen LogP contribution in [0.15, 0.2) is 29.3 Å². The highest BCUT2D eigenvalue weighted by molar-refractivity contribution is 14.0. The van der Waals surface area contributed by atoms with Crippen molar-refractivity contribution in [1.29, 1.82) is 0 Å². The molecule has 1 fully saturated rings. The molecule has 134 valence electrons.